The predicted octanol–water partition coefficient (Wildman–Crippen LogP) is 1.79. The summed E-state index contributed by atoms with van der Waals surface area (Å²) in [6, 6.07) is 3.56. The molecule has 0 fully saturated rings. The summed E-state index contributed by atoms with van der Waals surface area (Å²) in [6.45, 7) is 0. The summed E-state index contributed by atoms with van der Waals surface area (Å²) in [4.78, 5) is 5.04. The molecule has 15 heavy (non-hydrogen) atoms. The van der Waals surface area contributed by atoms with E-state index in [-0.39, 0.29) is 5.57 Å². The molecule has 1 rings (SSSR count). The Bertz CT molecular complexity index is 414. The van der Waals surface area contributed by atoms with Crippen LogP contribution in [0.15, 0.2) is 47.9 Å². The number of hydrogen-bond acceptors (Lipinski definition) is 4. The molecule has 74 valence electrons. The molecule has 0 aromatic rings. The van der Waals surface area contributed by atoms with Gasteiger partial charge in [-0.1, -0.05) is 6.08 Å². The molecule has 1 heterocycles. The third-order valence-electron chi connectivity index (χ3n) is 1.71. The molecular weight excluding hydrogens is 190 g/mol. The van der Waals surface area contributed by atoms with Crippen molar-refractivity contribution in [2.75, 3.05) is 7.11 Å². The van der Waals surface area contributed by atoms with Crippen molar-refractivity contribution in [3.8, 4) is 12.1 Å². The van der Waals surface area contributed by atoms with E-state index < -0.39 is 0 Å². The number of allylic oxidation sites excluding steroid dienone is 6. The Morgan fingerprint density at radius 2 is 2.13 bits per heavy atom. The fraction of sp³-hybridized carbons (Fsp3) is 0.0909. The van der Waals surface area contributed by atoms with Crippen molar-refractivity contribution >= 4 is 0 Å². The second-order valence-corrected chi connectivity index (χ2v) is 2.60. The lowest BCUT2D eigenvalue weighted by Crippen LogP contribution is -2.14. The molecule has 0 radical (unpaired) electrons. The minimum absolute atomic E-state index is 0.0570. The maximum Gasteiger partial charge on any atom is 0.129 e. The van der Waals surface area contributed by atoms with Gasteiger partial charge in [-0.3, -0.25) is 4.84 Å². The summed E-state index contributed by atoms with van der Waals surface area (Å²) in [5.74, 6) is 0. The molecule has 0 N–H and O–H groups in total. The summed E-state index contributed by atoms with van der Waals surface area (Å²) in [5, 5.41) is 18.6. The normalized spacial score (nSPS) is 15.9. The van der Waals surface area contributed by atoms with Crippen LogP contribution in [0.4, 0.5) is 0 Å². The Balaban J connectivity index is 2.89. The summed E-state index contributed by atoms with van der Waals surface area (Å²) in [5.41, 5.74) is 0.810. The number of hydroxylamine groups is 2. The fourth-order valence-electron chi connectivity index (χ4n) is 1.01. The molecule has 0 amide bonds. The van der Waals surface area contributed by atoms with Gasteiger partial charge in [0.05, 0.1) is 12.8 Å². The lowest BCUT2D eigenvalue weighted by molar-refractivity contribution is -0.0534. The molecular formula is C11H9N3O. The highest BCUT2D eigenvalue weighted by molar-refractivity contribution is 5.40. The second kappa shape index (κ2) is 5.43. The Labute approximate surface area is 88.2 Å². The minimum Gasteiger partial charge on any atom is -0.272 e. The molecule has 1 aliphatic heterocycles. The van der Waals surface area contributed by atoms with Gasteiger partial charge in [0.25, 0.3) is 0 Å². The van der Waals surface area contributed by atoms with E-state index in [0.717, 1.165) is 5.70 Å². The SMILES string of the molecule is CON1C=CC=CC1=CC=C(C#N)C#N. The molecule has 4 nitrogen and oxygen atoms in total. The Kier molecular flexibility index (Phi) is 3.91. The molecule has 0 unspecified atom stereocenters. The van der Waals surface area contributed by atoms with Crippen LogP contribution < -0.4 is 0 Å². The smallest absolute Gasteiger partial charge is 0.129 e. The van der Waals surface area contributed by atoms with E-state index in [1.54, 1.807) is 24.4 Å². The zero-order valence-corrected chi connectivity index (χ0v) is 8.21. The number of hydrogen-bond donors (Lipinski definition) is 0. The first kappa shape index (κ1) is 10.8. The third kappa shape index (κ3) is 2.84. The van der Waals surface area contributed by atoms with Crippen molar-refractivity contribution in [3.05, 3.63) is 47.9 Å². The summed E-state index contributed by atoms with van der Waals surface area (Å²) < 4.78 is 0. The van der Waals surface area contributed by atoms with Crippen LogP contribution in [0.5, 0.6) is 0 Å². The van der Waals surface area contributed by atoms with Crippen molar-refractivity contribution in [2.45, 2.75) is 0 Å². The van der Waals surface area contributed by atoms with Crippen LogP contribution in [-0.2, 0) is 4.84 Å². The van der Waals surface area contributed by atoms with E-state index in [0.29, 0.717) is 0 Å². The number of nitriles is 2. The van der Waals surface area contributed by atoms with Crippen molar-refractivity contribution in [3.63, 3.8) is 0 Å². The van der Waals surface area contributed by atoms with E-state index in [9.17, 15) is 0 Å². The molecule has 1 aliphatic rings. The largest absolute Gasteiger partial charge is 0.272 e. The minimum atomic E-state index is 0.0570. The maximum absolute atomic E-state index is 8.53. The van der Waals surface area contributed by atoms with Gasteiger partial charge in [0.2, 0.25) is 0 Å². The van der Waals surface area contributed by atoms with Gasteiger partial charge in [-0.05, 0) is 24.3 Å². The topological polar surface area (TPSA) is 60.0 Å². The van der Waals surface area contributed by atoms with Gasteiger partial charge in [0, 0.05) is 6.20 Å². The Hall–Kier alpha value is -2.30. The molecule has 0 saturated heterocycles. The first-order chi connectivity index (χ1) is 7.31. The van der Waals surface area contributed by atoms with E-state index in [4.69, 9.17) is 15.4 Å². The molecule has 0 aromatic heterocycles. The quantitative estimate of drug-likeness (QED) is 0.636. The van der Waals surface area contributed by atoms with Crippen molar-refractivity contribution in [2.24, 2.45) is 0 Å². The highest BCUT2D eigenvalue weighted by atomic mass is 16.7. The lowest BCUT2D eigenvalue weighted by atomic mass is 10.2. The standard InChI is InChI=1S/C11H9N3O/c1-15-14-7-3-2-4-11(14)6-5-10(8-12)9-13/h2-7H,1H3. The van der Waals surface area contributed by atoms with Crippen molar-refractivity contribution in [1.82, 2.24) is 5.06 Å². The van der Waals surface area contributed by atoms with Crippen molar-refractivity contribution < 1.29 is 4.84 Å². The van der Waals surface area contributed by atoms with Gasteiger partial charge in [-0.15, -0.1) is 0 Å². The summed E-state index contributed by atoms with van der Waals surface area (Å²) >= 11 is 0. The first-order valence-corrected chi connectivity index (χ1v) is 4.22. The molecule has 0 aliphatic carbocycles. The monoisotopic (exact) mass is 199 g/mol. The lowest BCUT2D eigenvalue weighted by Gasteiger charge is -2.19. The summed E-state index contributed by atoms with van der Waals surface area (Å²) in [7, 11) is 1.54. The highest BCUT2D eigenvalue weighted by Gasteiger charge is 2.03. The Morgan fingerprint density at radius 3 is 2.73 bits per heavy atom. The highest BCUT2D eigenvalue weighted by Crippen LogP contribution is 2.12. The van der Waals surface area contributed by atoms with Crippen LogP contribution >= 0.6 is 0 Å². The third-order valence-corrected chi connectivity index (χ3v) is 1.71. The Morgan fingerprint density at radius 1 is 1.40 bits per heavy atom. The fourth-order valence-corrected chi connectivity index (χ4v) is 1.01. The molecule has 0 aromatic carbocycles. The summed E-state index contributed by atoms with van der Waals surface area (Å²) in [6.07, 6.45) is 10.3. The molecule has 0 spiro atoms. The number of rotatable bonds is 2. The zero-order valence-electron chi connectivity index (χ0n) is 8.21. The van der Waals surface area contributed by atoms with Gasteiger partial charge in [0.15, 0.2) is 0 Å². The number of nitrogens with zero attached hydrogens (tertiary/aromatic N) is 3. The average Bonchev–Trinajstić information content (AvgIpc) is 2.31. The zero-order chi connectivity index (χ0) is 11.1. The van der Waals surface area contributed by atoms with Crippen LogP contribution in [0.3, 0.4) is 0 Å². The van der Waals surface area contributed by atoms with Crippen LogP contribution in [0.1, 0.15) is 0 Å². The van der Waals surface area contributed by atoms with E-state index in [2.05, 4.69) is 0 Å². The van der Waals surface area contributed by atoms with Crippen molar-refractivity contribution in [1.29, 1.82) is 10.5 Å². The van der Waals surface area contributed by atoms with Gasteiger partial charge in [-0.25, -0.2) is 5.06 Å². The van der Waals surface area contributed by atoms with E-state index in [1.165, 1.54) is 18.2 Å². The average molecular weight is 199 g/mol. The molecule has 0 saturated carbocycles. The van der Waals surface area contributed by atoms with Crippen LogP contribution in [0, 0.1) is 22.7 Å². The first-order valence-electron chi connectivity index (χ1n) is 4.22. The molecule has 0 atom stereocenters. The van der Waals surface area contributed by atoms with Gasteiger partial charge in [0.1, 0.15) is 17.7 Å². The van der Waals surface area contributed by atoms with Crippen LogP contribution in [0.2, 0.25) is 0 Å². The van der Waals surface area contributed by atoms with Gasteiger partial charge < -0.3 is 0 Å². The maximum atomic E-state index is 8.53. The van der Waals surface area contributed by atoms with Crippen LogP contribution in [0.25, 0.3) is 0 Å². The van der Waals surface area contributed by atoms with E-state index >= 15 is 0 Å². The second-order valence-electron chi connectivity index (χ2n) is 2.60. The van der Waals surface area contributed by atoms with Gasteiger partial charge in [-0.2, -0.15) is 10.5 Å². The van der Waals surface area contributed by atoms with E-state index in [1.807, 2.05) is 18.2 Å². The van der Waals surface area contributed by atoms with Crippen LogP contribution in [-0.4, -0.2) is 12.2 Å². The predicted molar refractivity (Wildman–Crippen MR) is 54.5 cm³/mol. The molecule has 0 bridgehead atoms. The van der Waals surface area contributed by atoms with Gasteiger partial charge >= 0.3 is 0 Å². The molecule has 4 heteroatoms.